The lowest BCUT2D eigenvalue weighted by Crippen LogP contribution is -2.48. The maximum absolute atomic E-state index is 13.3. The lowest BCUT2D eigenvalue weighted by atomic mass is 10.0. The molecule has 1 aromatic rings. The molecular formula is C13H17ClFNO3S. The van der Waals surface area contributed by atoms with Crippen LogP contribution in [-0.2, 0) is 10.0 Å². The summed E-state index contributed by atoms with van der Waals surface area (Å²) in [4.78, 5) is -0.244. The maximum atomic E-state index is 13.3. The van der Waals surface area contributed by atoms with Crippen molar-refractivity contribution in [3.8, 4) is 0 Å². The molecule has 20 heavy (non-hydrogen) atoms. The van der Waals surface area contributed by atoms with Crippen LogP contribution in [0.2, 0.25) is 5.02 Å². The van der Waals surface area contributed by atoms with Crippen molar-refractivity contribution in [3.05, 3.63) is 29.0 Å². The molecule has 0 radical (unpaired) electrons. The van der Waals surface area contributed by atoms with Crippen molar-refractivity contribution in [2.24, 2.45) is 0 Å². The first-order valence-electron chi connectivity index (χ1n) is 6.49. The van der Waals surface area contributed by atoms with E-state index in [0.29, 0.717) is 13.0 Å². The summed E-state index contributed by atoms with van der Waals surface area (Å²) in [5.74, 6) is -0.654. The van der Waals surface area contributed by atoms with E-state index in [1.807, 2.05) is 0 Å². The molecule has 0 unspecified atom stereocenters. The van der Waals surface area contributed by atoms with Gasteiger partial charge in [-0.2, -0.15) is 4.31 Å². The van der Waals surface area contributed by atoms with Gasteiger partial charge in [-0.15, -0.1) is 0 Å². The number of halogens is 2. The van der Waals surface area contributed by atoms with Crippen LogP contribution in [0.5, 0.6) is 0 Å². The molecule has 2 atom stereocenters. The molecule has 0 aliphatic carbocycles. The largest absolute Gasteiger partial charge is 0.392 e. The van der Waals surface area contributed by atoms with Crippen molar-refractivity contribution >= 4 is 21.6 Å². The first-order valence-corrected chi connectivity index (χ1v) is 8.31. The van der Waals surface area contributed by atoms with Gasteiger partial charge in [-0.25, -0.2) is 12.8 Å². The zero-order valence-corrected chi connectivity index (χ0v) is 12.7. The second-order valence-corrected chi connectivity index (χ2v) is 7.26. The van der Waals surface area contributed by atoms with E-state index in [1.165, 1.54) is 10.4 Å². The van der Waals surface area contributed by atoms with Crippen LogP contribution < -0.4 is 0 Å². The van der Waals surface area contributed by atoms with Crippen LogP contribution in [0, 0.1) is 5.82 Å². The molecular weight excluding hydrogens is 305 g/mol. The van der Waals surface area contributed by atoms with Gasteiger partial charge in [0, 0.05) is 6.54 Å². The molecule has 1 aliphatic heterocycles. The van der Waals surface area contributed by atoms with Crippen LogP contribution in [0.3, 0.4) is 0 Å². The number of hydrogen-bond acceptors (Lipinski definition) is 3. The number of benzene rings is 1. The lowest BCUT2D eigenvalue weighted by Gasteiger charge is -2.36. The Labute approximate surface area is 123 Å². The Kier molecular flexibility index (Phi) is 4.69. The number of aliphatic hydroxyl groups is 1. The summed E-state index contributed by atoms with van der Waals surface area (Å²) < 4.78 is 39.8. The van der Waals surface area contributed by atoms with Crippen LogP contribution in [0.15, 0.2) is 23.1 Å². The summed E-state index contributed by atoms with van der Waals surface area (Å²) >= 11 is 5.89. The Balaban J connectivity index is 2.45. The minimum atomic E-state index is -3.91. The number of rotatable bonds is 3. The van der Waals surface area contributed by atoms with E-state index >= 15 is 0 Å². The van der Waals surface area contributed by atoms with Gasteiger partial charge in [0.1, 0.15) is 10.7 Å². The van der Waals surface area contributed by atoms with E-state index in [0.717, 1.165) is 25.0 Å². The van der Waals surface area contributed by atoms with Crippen LogP contribution in [0.4, 0.5) is 4.39 Å². The van der Waals surface area contributed by atoms with Gasteiger partial charge in [-0.1, -0.05) is 18.0 Å². The molecule has 0 spiro atoms. The van der Waals surface area contributed by atoms with E-state index in [9.17, 15) is 17.9 Å². The number of nitrogens with zero attached hydrogens (tertiary/aromatic N) is 1. The van der Waals surface area contributed by atoms with Gasteiger partial charge in [0.2, 0.25) is 10.0 Å². The van der Waals surface area contributed by atoms with Crippen LogP contribution in [0.1, 0.15) is 26.2 Å². The lowest BCUT2D eigenvalue weighted by molar-refractivity contribution is 0.0831. The van der Waals surface area contributed by atoms with Crippen molar-refractivity contribution in [3.63, 3.8) is 0 Å². The smallest absolute Gasteiger partial charge is 0.245 e. The van der Waals surface area contributed by atoms with E-state index in [-0.39, 0.29) is 9.92 Å². The summed E-state index contributed by atoms with van der Waals surface area (Å²) in [6.45, 7) is 1.87. The Hall–Kier alpha value is -0.690. The first-order chi connectivity index (χ1) is 9.34. The monoisotopic (exact) mass is 321 g/mol. The summed E-state index contributed by atoms with van der Waals surface area (Å²) in [5, 5.41) is 9.76. The second kappa shape index (κ2) is 5.97. The number of piperidine rings is 1. The molecule has 0 saturated carbocycles. The van der Waals surface area contributed by atoms with Gasteiger partial charge in [0.05, 0.1) is 17.2 Å². The average molecular weight is 322 g/mol. The number of sulfonamides is 1. The van der Waals surface area contributed by atoms with Crippen molar-refractivity contribution < 1.29 is 17.9 Å². The molecule has 1 aromatic carbocycles. The predicted octanol–water partition coefficient (Wildman–Crippen LogP) is 2.40. The third-order valence-corrected chi connectivity index (χ3v) is 5.94. The molecule has 0 aromatic heterocycles. The molecule has 7 heteroatoms. The second-order valence-electron chi connectivity index (χ2n) is 4.99. The van der Waals surface area contributed by atoms with E-state index in [4.69, 9.17) is 11.6 Å². The van der Waals surface area contributed by atoms with Gasteiger partial charge in [-0.3, -0.25) is 0 Å². The summed E-state index contributed by atoms with van der Waals surface area (Å²) in [5.41, 5.74) is 0. The Morgan fingerprint density at radius 3 is 2.80 bits per heavy atom. The van der Waals surface area contributed by atoms with Crippen molar-refractivity contribution in [2.75, 3.05) is 6.54 Å². The normalized spacial score (nSPS) is 22.7. The Morgan fingerprint density at radius 2 is 2.15 bits per heavy atom. The van der Waals surface area contributed by atoms with Crippen LogP contribution in [-0.4, -0.2) is 36.5 Å². The first kappa shape index (κ1) is 15.7. The molecule has 1 heterocycles. The fourth-order valence-electron chi connectivity index (χ4n) is 2.51. The Morgan fingerprint density at radius 1 is 1.45 bits per heavy atom. The van der Waals surface area contributed by atoms with Gasteiger partial charge < -0.3 is 5.11 Å². The molecule has 0 bridgehead atoms. The van der Waals surface area contributed by atoms with Crippen molar-refractivity contribution in [1.82, 2.24) is 4.31 Å². The van der Waals surface area contributed by atoms with Crippen molar-refractivity contribution in [2.45, 2.75) is 43.2 Å². The molecule has 112 valence electrons. The number of aliphatic hydroxyl groups excluding tert-OH is 1. The third kappa shape index (κ3) is 2.98. The molecule has 2 rings (SSSR count). The van der Waals surface area contributed by atoms with Gasteiger partial charge in [0.25, 0.3) is 0 Å². The molecule has 0 amide bonds. The molecule has 1 fully saturated rings. The fraction of sp³-hybridized carbons (Fsp3) is 0.538. The van der Waals surface area contributed by atoms with E-state index < -0.39 is 28.0 Å². The molecule has 1 saturated heterocycles. The number of hydrogen-bond donors (Lipinski definition) is 1. The van der Waals surface area contributed by atoms with Gasteiger partial charge in [-0.05, 0) is 38.0 Å². The Bertz CT molecular complexity index is 591. The van der Waals surface area contributed by atoms with E-state index in [1.54, 1.807) is 6.92 Å². The van der Waals surface area contributed by atoms with Gasteiger partial charge >= 0.3 is 0 Å². The maximum Gasteiger partial charge on any atom is 0.245 e. The van der Waals surface area contributed by atoms with E-state index in [2.05, 4.69) is 0 Å². The molecule has 1 aliphatic rings. The SMILES string of the molecule is C[C@H](O)[C@@H]1CCCCN1S(=O)(=O)c1cc(F)ccc1Cl. The third-order valence-electron chi connectivity index (χ3n) is 3.54. The minimum Gasteiger partial charge on any atom is -0.392 e. The molecule has 4 nitrogen and oxygen atoms in total. The highest BCUT2D eigenvalue weighted by atomic mass is 35.5. The van der Waals surface area contributed by atoms with Gasteiger partial charge in [0.15, 0.2) is 0 Å². The quantitative estimate of drug-likeness (QED) is 0.930. The minimum absolute atomic E-state index is 0.0127. The van der Waals surface area contributed by atoms with Crippen LogP contribution >= 0.6 is 11.6 Å². The highest BCUT2D eigenvalue weighted by molar-refractivity contribution is 7.89. The zero-order valence-electron chi connectivity index (χ0n) is 11.1. The standard InChI is InChI=1S/C13H17ClFNO3S/c1-9(17)12-4-2-3-7-16(12)20(18,19)13-8-10(15)5-6-11(13)14/h5-6,8-9,12,17H,2-4,7H2,1H3/t9-,12-/m0/s1. The predicted molar refractivity (Wildman–Crippen MR) is 74.6 cm³/mol. The summed E-state index contributed by atoms with van der Waals surface area (Å²) in [6, 6.07) is 2.77. The average Bonchev–Trinajstić information content (AvgIpc) is 2.41. The molecule has 1 N–H and O–H groups in total. The van der Waals surface area contributed by atoms with Crippen LogP contribution in [0.25, 0.3) is 0 Å². The summed E-state index contributed by atoms with van der Waals surface area (Å²) in [7, 11) is -3.91. The topological polar surface area (TPSA) is 57.6 Å². The fourth-order valence-corrected chi connectivity index (χ4v) is 4.76. The zero-order chi connectivity index (χ0) is 14.9. The summed E-state index contributed by atoms with van der Waals surface area (Å²) in [6.07, 6.45) is 1.38. The highest BCUT2D eigenvalue weighted by Gasteiger charge is 2.36. The van der Waals surface area contributed by atoms with Crippen molar-refractivity contribution in [1.29, 1.82) is 0 Å². The highest BCUT2D eigenvalue weighted by Crippen LogP contribution is 2.31.